The Balaban J connectivity index is 2.70. The Bertz CT molecular complexity index is 383. The number of carbonyl (C=O) groups excluding carboxylic acids is 1. The number of methoxy groups -OCH3 is 2. The number of nitrogens with one attached hydrogen (secondary N) is 1. The van der Waals surface area contributed by atoms with Crippen LogP contribution < -0.4 is 5.32 Å². The van der Waals surface area contributed by atoms with Crippen molar-refractivity contribution in [1.82, 2.24) is 10.3 Å². The van der Waals surface area contributed by atoms with Crippen molar-refractivity contribution in [1.29, 1.82) is 0 Å². The van der Waals surface area contributed by atoms with Gasteiger partial charge in [0.15, 0.2) is 6.29 Å². The molecule has 5 nitrogen and oxygen atoms in total. The van der Waals surface area contributed by atoms with Gasteiger partial charge in [0.25, 0.3) is 5.91 Å². The van der Waals surface area contributed by atoms with Crippen LogP contribution in [0.2, 0.25) is 5.02 Å². The Morgan fingerprint density at radius 1 is 1.47 bits per heavy atom. The van der Waals surface area contributed by atoms with E-state index in [2.05, 4.69) is 10.3 Å². The topological polar surface area (TPSA) is 60.5 Å². The molecule has 0 fully saturated rings. The fraction of sp³-hybridized carbons (Fsp3) is 0.455. The molecule has 17 heavy (non-hydrogen) atoms. The highest BCUT2D eigenvalue weighted by Gasteiger charge is 2.19. The third kappa shape index (κ3) is 3.66. The molecule has 1 heterocycles. The minimum Gasteiger partial charge on any atom is -0.354 e. The van der Waals surface area contributed by atoms with Gasteiger partial charge in [-0.15, -0.1) is 0 Å². The first-order valence-electron chi connectivity index (χ1n) is 5.06. The van der Waals surface area contributed by atoms with Crippen LogP contribution in [0.4, 0.5) is 0 Å². The molecular formula is C11H15ClN2O3. The van der Waals surface area contributed by atoms with E-state index in [0.29, 0.717) is 10.6 Å². The Kier molecular flexibility index (Phi) is 5.34. The second-order valence-corrected chi connectivity index (χ2v) is 3.86. The van der Waals surface area contributed by atoms with Gasteiger partial charge in [0, 0.05) is 26.6 Å². The van der Waals surface area contributed by atoms with Gasteiger partial charge in [0.05, 0.1) is 16.6 Å². The highest BCUT2D eigenvalue weighted by Crippen LogP contribution is 2.13. The van der Waals surface area contributed by atoms with Gasteiger partial charge in [-0.1, -0.05) is 11.6 Å². The zero-order valence-corrected chi connectivity index (χ0v) is 10.7. The van der Waals surface area contributed by atoms with Crippen LogP contribution in [0.25, 0.3) is 0 Å². The summed E-state index contributed by atoms with van der Waals surface area (Å²) in [7, 11) is 3.02. The van der Waals surface area contributed by atoms with Crippen LogP contribution in [0, 0.1) is 0 Å². The molecule has 0 aliphatic heterocycles. The van der Waals surface area contributed by atoms with Crippen LogP contribution in [-0.2, 0) is 9.47 Å². The van der Waals surface area contributed by atoms with Crippen molar-refractivity contribution in [3.8, 4) is 0 Å². The zero-order valence-electron chi connectivity index (χ0n) is 9.94. The number of ether oxygens (including phenoxy) is 2. The summed E-state index contributed by atoms with van der Waals surface area (Å²) in [5, 5.41) is 3.05. The number of hydrogen-bond donors (Lipinski definition) is 1. The average Bonchev–Trinajstić information content (AvgIpc) is 2.31. The lowest BCUT2D eigenvalue weighted by Gasteiger charge is -2.22. The lowest BCUT2D eigenvalue weighted by Crippen LogP contribution is -2.43. The lowest BCUT2D eigenvalue weighted by molar-refractivity contribution is -0.117. The molecule has 1 N–H and O–H groups in total. The molecule has 1 aromatic rings. The second-order valence-electron chi connectivity index (χ2n) is 3.46. The first kappa shape index (κ1) is 13.9. The van der Waals surface area contributed by atoms with Crippen molar-refractivity contribution < 1.29 is 14.3 Å². The van der Waals surface area contributed by atoms with Crippen LogP contribution in [-0.4, -0.2) is 37.4 Å². The number of amides is 1. The van der Waals surface area contributed by atoms with Crippen molar-refractivity contribution in [2.75, 3.05) is 14.2 Å². The van der Waals surface area contributed by atoms with Gasteiger partial charge in [-0.25, -0.2) is 0 Å². The summed E-state index contributed by atoms with van der Waals surface area (Å²) in [6.07, 6.45) is 2.43. The summed E-state index contributed by atoms with van der Waals surface area (Å²) in [4.78, 5) is 15.7. The number of carbonyl (C=O) groups is 1. The quantitative estimate of drug-likeness (QED) is 0.813. The summed E-state index contributed by atoms with van der Waals surface area (Å²) in [5.41, 5.74) is 0.375. The molecule has 1 amide bonds. The summed E-state index contributed by atoms with van der Waals surface area (Å²) in [6, 6.07) is 1.26. The predicted molar refractivity (Wildman–Crippen MR) is 64.0 cm³/mol. The molecule has 0 aliphatic carbocycles. The molecule has 1 aromatic heterocycles. The van der Waals surface area contributed by atoms with Crippen molar-refractivity contribution in [3.63, 3.8) is 0 Å². The average molecular weight is 259 g/mol. The molecular weight excluding hydrogens is 244 g/mol. The minimum atomic E-state index is -0.500. The maximum absolute atomic E-state index is 11.9. The molecule has 0 saturated heterocycles. The largest absolute Gasteiger partial charge is 0.354 e. The Morgan fingerprint density at radius 3 is 2.65 bits per heavy atom. The summed E-state index contributed by atoms with van der Waals surface area (Å²) in [5.74, 6) is -0.288. The number of hydrogen-bond acceptors (Lipinski definition) is 4. The van der Waals surface area contributed by atoms with E-state index in [9.17, 15) is 4.79 Å². The fourth-order valence-electron chi connectivity index (χ4n) is 1.42. The normalized spacial score (nSPS) is 12.5. The van der Waals surface area contributed by atoms with Gasteiger partial charge in [-0.2, -0.15) is 0 Å². The van der Waals surface area contributed by atoms with E-state index in [-0.39, 0.29) is 11.9 Å². The predicted octanol–water partition coefficient (Wildman–Crippen LogP) is 1.47. The molecule has 0 aliphatic rings. The zero-order chi connectivity index (χ0) is 12.8. The smallest absolute Gasteiger partial charge is 0.253 e. The Labute approximate surface area is 105 Å². The monoisotopic (exact) mass is 258 g/mol. The summed E-state index contributed by atoms with van der Waals surface area (Å²) >= 11 is 5.86. The minimum absolute atomic E-state index is 0.288. The molecule has 1 unspecified atom stereocenters. The van der Waals surface area contributed by atoms with E-state index in [1.165, 1.54) is 26.6 Å². The number of rotatable bonds is 5. The molecule has 0 bridgehead atoms. The van der Waals surface area contributed by atoms with Gasteiger partial charge < -0.3 is 14.8 Å². The van der Waals surface area contributed by atoms with Crippen LogP contribution in [0.5, 0.6) is 0 Å². The maximum Gasteiger partial charge on any atom is 0.253 e. The number of aromatic nitrogens is 1. The Morgan fingerprint density at radius 2 is 2.12 bits per heavy atom. The summed E-state index contributed by atoms with van der Waals surface area (Å²) in [6.45, 7) is 1.78. The molecule has 0 radical (unpaired) electrons. The molecule has 94 valence electrons. The van der Waals surface area contributed by atoms with Crippen molar-refractivity contribution in [2.24, 2.45) is 0 Å². The first-order valence-corrected chi connectivity index (χ1v) is 5.44. The number of pyridine rings is 1. The molecule has 0 saturated carbocycles. The summed E-state index contributed by atoms with van der Waals surface area (Å²) < 4.78 is 10.1. The van der Waals surface area contributed by atoms with E-state index >= 15 is 0 Å². The SMILES string of the molecule is COC(OC)C(C)NC(=O)c1ccncc1Cl. The van der Waals surface area contributed by atoms with Crippen molar-refractivity contribution >= 4 is 17.5 Å². The van der Waals surface area contributed by atoms with Gasteiger partial charge in [0.1, 0.15) is 0 Å². The van der Waals surface area contributed by atoms with Crippen LogP contribution in [0.1, 0.15) is 17.3 Å². The van der Waals surface area contributed by atoms with E-state index in [4.69, 9.17) is 21.1 Å². The van der Waals surface area contributed by atoms with Crippen LogP contribution in [0.3, 0.4) is 0 Å². The highest BCUT2D eigenvalue weighted by molar-refractivity contribution is 6.33. The standard InChI is InChI=1S/C11H15ClN2O3/c1-7(11(16-2)17-3)14-10(15)8-4-5-13-6-9(8)12/h4-7,11H,1-3H3,(H,14,15). The van der Waals surface area contributed by atoms with Crippen LogP contribution in [0.15, 0.2) is 18.5 Å². The van der Waals surface area contributed by atoms with E-state index in [0.717, 1.165) is 0 Å². The van der Waals surface area contributed by atoms with Gasteiger partial charge in [0.2, 0.25) is 0 Å². The van der Waals surface area contributed by atoms with Crippen LogP contribution >= 0.6 is 11.6 Å². The van der Waals surface area contributed by atoms with Gasteiger partial charge in [-0.3, -0.25) is 9.78 Å². The molecule has 1 rings (SSSR count). The second kappa shape index (κ2) is 6.54. The van der Waals surface area contributed by atoms with E-state index in [1.54, 1.807) is 13.0 Å². The van der Waals surface area contributed by atoms with Gasteiger partial charge >= 0.3 is 0 Å². The molecule has 6 heteroatoms. The van der Waals surface area contributed by atoms with Crippen molar-refractivity contribution in [3.05, 3.63) is 29.0 Å². The van der Waals surface area contributed by atoms with Gasteiger partial charge in [-0.05, 0) is 13.0 Å². The molecule has 0 spiro atoms. The van der Waals surface area contributed by atoms with E-state index < -0.39 is 6.29 Å². The molecule has 1 atom stereocenters. The number of halogens is 1. The Hall–Kier alpha value is -1.17. The first-order chi connectivity index (χ1) is 8.10. The van der Waals surface area contributed by atoms with E-state index in [1.807, 2.05) is 0 Å². The maximum atomic E-state index is 11.9. The number of nitrogens with zero attached hydrogens (tertiary/aromatic N) is 1. The lowest BCUT2D eigenvalue weighted by atomic mass is 10.2. The third-order valence-corrected chi connectivity index (χ3v) is 2.55. The third-order valence-electron chi connectivity index (χ3n) is 2.25. The highest BCUT2D eigenvalue weighted by atomic mass is 35.5. The van der Waals surface area contributed by atoms with Crippen molar-refractivity contribution in [2.45, 2.75) is 19.3 Å². The molecule has 0 aromatic carbocycles. The fourth-order valence-corrected chi connectivity index (χ4v) is 1.62.